The van der Waals surface area contributed by atoms with Crippen LogP contribution in [0, 0.1) is 0 Å². The third-order valence-electron chi connectivity index (χ3n) is 3.05. The highest BCUT2D eigenvalue weighted by molar-refractivity contribution is 5.96. The van der Waals surface area contributed by atoms with Crippen LogP contribution in [0.25, 0.3) is 22.2 Å². The quantitative estimate of drug-likeness (QED) is 0.761. The Morgan fingerprint density at radius 1 is 1.32 bits per heavy atom. The maximum Gasteiger partial charge on any atom is 0.339 e. The van der Waals surface area contributed by atoms with Crippen LogP contribution in [-0.4, -0.2) is 25.8 Å². The molecule has 0 atom stereocenters. The number of pyridine rings is 1. The van der Waals surface area contributed by atoms with E-state index in [1.165, 1.54) is 6.20 Å². The molecule has 19 heavy (non-hydrogen) atoms. The number of nitrogens with zero attached hydrogens (tertiary/aromatic N) is 3. The maximum atomic E-state index is 11.2. The summed E-state index contributed by atoms with van der Waals surface area (Å²) in [6, 6.07) is 9.46. The van der Waals surface area contributed by atoms with Crippen molar-refractivity contribution in [2.45, 2.75) is 0 Å². The molecule has 0 saturated carbocycles. The van der Waals surface area contributed by atoms with Crippen LogP contribution in [0.3, 0.4) is 0 Å². The molecule has 0 fully saturated rings. The zero-order chi connectivity index (χ0) is 13.4. The van der Waals surface area contributed by atoms with Gasteiger partial charge in [-0.3, -0.25) is 9.67 Å². The largest absolute Gasteiger partial charge is 0.478 e. The number of carboxylic acids is 1. The van der Waals surface area contributed by atoms with E-state index in [0.717, 1.165) is 16.5 Å². The van der Waals surface area contributed by atoms with Crippen molar-refractivity contribution >= 4 is 16.9 Å². The summed E-state index contributed by atoms with van der Waals surface area (Å²) in [7, 11) is 1.73. The summed E-state index contributed by atoms with van der Waals surface area (Å²) in [4.78, 5) is 15.5. The number of carboxylic acid groups (broad SMARTS) is 1. The summed E-state index contributed by atoms with van der Waals surface area (Å²) in [6.07, 6.45) is 3.10. The van der Waals surface area contributed by atoms with Crippen molar-refractivity contribution in [1.29, 1.82) is 0 Å². The molecule has 3 aromatic rings. The van der Waals surface area contributed by atoms with Gasteiger partial charge in [-0.1, -0.05) is 12.1 Å². The summed E-state index contributed by atoms with van der Waals surface area (Å²) in [6.45, 7) is 0. The molecule has 5 nitrogen and oxygen atoms in total. The molecule has 94 valence electrons. The van der Waals surface area contributed by atoms with Gasteiger partial charge in [0, 0.05) is 24.2 Å². The van der Waals surface area contributed by atoms with E-state index in [1.807, 2.05) is 30.3 Å². The van der Waals surface area contributed by atoms with Crippen molar-refractivity contribution in [2.75, 3.05) is 0 Å². The predicted molar refractivity (Wildman–Crippen MR) is 70.9 cm³/mol. The van der Waals surface area contributed by atoms with Crippen molar-refractivity contribution in [1.82, 2.24) is 14.8 Å². The number of hydrogen-bond donors (Lipinski definition) is 1. The maximum absolute atomic E-state index is 11.2. The van der Waals surface area contributed by atoms with Gasteiger partial charge in [0.25, 0.3) is 0 Å². The Kier molecular flexibility index (Phi) is 2.52. The minimum absolute atomic E-state index is 0.200. The van der Waals surface area contributed by atoms with Crippen molar-refractivity contribution in [3.63, 3.8) is 0 Å². The average molecular weight is 253 g/mol. The smallest absolute Gasteiger partial charge is 0.339 e. The van der Waals surface area contributed by atoms with Gasteiger partial charge in [0.2, 0.25) is 0 Å². The summed E-state index contributed by atoms with van der Waals surface area (Å²) in [5.41, 5.74) is 2.49. The third kappa shape index (κ3) is 1.85. The van der Waals surface area contributed by atoms with Gasteiger partial charge in [-0.05, 0) is 18.2 Å². The minimum atomic E-state index is -0.977. The molecule has 1 N–H and O–H groups in total. The minimum Gasteiger partial charge on any atom is -0.478 e. The highest BCUT2D eigenvalue weighted by atomic mass is 16.4. The number of aromatic carboxylic acids is 1. The van der Waals surface area contributed by atoms with Crippen LogP contribution < -0.4 is 0 Å². The van der Waals surface area contributed by atoms with E-state index >= 15 is 0 Å². The fourth-order valence-electron chi connectivity index (χ4n) is 2.16. The van der Waals surface area contributed by atoms with E-state index < -0.39 is 5.97 Å². The summed E-state index contributed by atoms with van der Waals surface area (Å²) in [5, 5.41) is 14.2. The second-order valence-corrected chi connectivity index (χ2v) is 4.25. The van der Waals surface area contributed by atoms with Crippen LogP contribution in [0.2, 0.25) is 0 Å². The number of hydrogen-bond acceptors (Lipinski definition) is 3. The number of benzene rings is 1. The molecule has 0 aliphatic rings. The molecule has 0 spiro atoms. The van der Waals surface area contributed by atoms with Crippen LogP contribution in [0.4, 0.5) is 0 Å². The fraction of sp³-hybridized carbons (Fsp3) is 0.0714. The summed E-state index contributed by atoms with van der Waals surface area (Å²) >= 11 is 0. The van der Waals surface area contributed by atoms with Crippen molar-refractivity contribution in [3.8, 4) is 11.3 Å². The Bertz CT molecular complexity index is 777. The van der Waals surface area contributed by atoms with Crippen LogP contribution in [0.15, 0.2) is 42.7 Å². The molecule has 0 radical (unpaired) electrons. The molecule has 0 amide bonds. The molecule has 0 aliphatic carbocycles. The van der Waals surface area contributed by atoms with E-state index in [-0.39, 0.29) is 5.56 Å². The first-order chi connectivity index (χ1) is 9.16. The molecule has 5 heteroatoms. The van der Waals surface area contributed by atoms with Crippen LogP contribution in [0.1, 0.15) is 10.4 Å². The highest BCUT2D eigenvalue weighted by Crippen LogP contribution is 2.26. The fourth-order valence-corrected chi connectivity index (χ4v) is 2.16. The molecular formula is C14H11N3O2. The van der Waals surface area contributed by atoms with Gasteiger partial charge in [-0.2, -0.15) is 5.10 Å². The second kappa shape index (κ2) is 4.20. The standard InChI is InChI=1S/C14H11N3O2/c1-17-13(11(8-16-17)14(18)19)10-4-5-12-9(7-10)3-2-6-15-12/h2-8H,1H3,(H,18,19). The zero-order valence-electron chi connectivity index (χ0n) is 10.2. The van der Waals surface area contributed by atoms with Crippen LogP contribution in [-0.2, 0) is 7.05 Å². The Balaban J connectivity index is 2.24. The summed E-state index contributed by atoms with van der Waals surface area (Å²) in [5.74, 6) is -0.977. The lowest BCUT2D eigenvalue weighted by molar-refractivity contribution is 0.0697. The number of fused-ring (bicyclic) bond motifs is 1. The zero-order valence-corrected chi connectivity index (χ0v) is 10.2. The van der Waals surface area contributed by atoms with Crippen molar-refractivity contribution in [3.05, 3.63) is 48.3 Å². The molecule has 1 aromatic carbocycles. The molecule has 2 heterocycles. The number of aryl methyl sites for hydroxylation is 1. The first-order valence-electron chi connectivity index (χ1n) is 5.77. The normalized spacial score (nSPS) is 10.8. The van der Waals surface area contributed by atoms with E-state index in [9.17, 15) is 9.90 Å². The van der Waals surface area contributed by atoms with Gasteiger partial charge in [0.15, 0.2) is 0 Å². The Morgan fingerprint density at radius 2 is 2.16 bits per heavy atom. The van der Waals surface area contributed by atoms with Gasteiger partial charge >= 0.3 is 5.97 Å². The lowest BCUT2D eigenvalue weighted by Crippen LogP contribution is -2.00. The van der Waals surface area contributed by atoms with E-state index in [2.05, 4.69) is 10.1 Å². The van der Waals surface area contributed by atoms with Gasteiger partial charge in [0.05, 0.1) is 17.4 Å². The number of rotatable bonds is 2. The number of carbonyl (C=O) groups is 1. The first kappa shape index (κ1) is 11.4. The van der Waals surface area contributed by atoms with Gasteiger partial charge in [0.1, 0.15) is 5.56 Å². The van der Waals surface area contributed by atoms with Gasteiger partial charge in [-0.25, -0.2) is 4.79 Å². The molecular weight excluding hydrogens is 242 g/mol. The van der Waals surface area contributed by atoms with E-state index in [0.29, 0.717) is 5.69 Å². The lowest BCUT2D eigenvalue weighted by atomic mass is 10.1. The monoisotopic (exact) mass is 253 g/mol. The molecule has 0 saturated heterocycles. The van der Waals surface area contributed by atoms with E-state index in [1.54, 1.807) is 17.9 Å². The number of aromatic nitrogens is 3. The Morgan fingerprint density at radius 3 is 2.95 bits per heavy atom. The van der Waals surface area contributed by atoms with E-state index in [4.69, 9.17) is 0 Å². The molecule has 2 aromatic heterocycles. The average Bonchev–Trinajstić information content (AvgIpc) is 2.80. The molecule has 0 bridgehead atoms. The van der Waals surface area contributed by atoms with Crippen molar-refractivity contribution in [2.24, 2.45) is 7.05 Å². The topological polar surface area (TPSA) is 68.0 Å². The predicted octanol–water partition coefficient (Wildman–Crippen LogP) is 2.33. The van der Waals surface area contributed by atoms with Crippen LogP contribution in [0.5, 0.6) is 0 Å². The van der Waals surface area contributed by atoms with Crippen molar-refractivity contribution < 1.29 is 9.90 Å². The van der Waals surface area contributed by atoms with Crippen LogP contribution >= 0.6 is 0 Å². The molecule has 3 rings (SSSR count). The second-order valence-electron chi connectivity index (χ2n) is 4.25. The Labute approximate surface area is 109 Å². The third-order valence-corrected chi connectivity index (χ3v) is 3.05. The molecule has 0 unspecified atom stereocenters. The van der Waals surface area contributed by atoms with Gasteiger partial charge < -0.3 is 5.11 Å². The Hall–Kier alpha value is -2.69. The SMILES string of the molecule is Cn1ncc(C(=O)O)c1-c1ccc2ncccc2c1. The molecule has 0 aliphatic heterocycles. The highest BCUT2D eigenvalue weighted by Gasteiger charge is 2.16. The first-order valence-corrected chi connectivity index (χ1v) is 5.77. The summed E-state index contributed by atoms with van der Waals surface area (Å²) < 4.78 is 1.57. The van der Waals surface area contributed by atoms with Gasteiger partial charge in [-0.15, -0.1) is 0 Å². The lowest BCUT2D eigenvalue weighted by Gasteiger charge is -2.05.